The van der Waals surface area contributed by atoms with Gasteiger partial charge in [-0.05, 0) is 31.3 Å². The lowest BCUT2D eigenvalue weighted by Gasteiger charge is -2.36. The van der Waals surface area contributed by atoms with Gasteiger partial charge >= 0.3 is 0 Å². The molecule has 18 heavy (non-hydrogen) atoms. The van der Waals surface area contributed by atoms with Gasteiger partial charge in [0.25, 0.3) is 10.2 Å². The van der Waals surface area contributed by atoms with Crippen molar-refractivity contribution in [2.75, 3.05) is 39.3 Å². The molecule has 1 N–H and O–H groups in total. The standard InChI is InChI=1S/C11H23N3O2S.ClH/c1-3-13(4-2)17(15,16)14-6-5-10-7-12-8-11(10)9-14;/h10-12H,3-9H2,1-2H3;1H. The third-order valence-electron chi connectivity index (χ3n) is 4.03. The topological polar surface area (TPSA) is 52.7 Å². The molecule has 2 rings (SSSR count). The predicted octanol–water partition coefficient (Wildman–Crippen LogP) is 0.536. The average molecular weight is 298 g/mol. The van der Waals surface area contributed by atoms with Gasteiger partial charge in [-0.15, -0.1) is 12.4 Å². The van der Waals surface area contributed by atoms with E-state index in [0.717, 1.165) is 19.5 Å². The van der Waals surface area contributed by atoms with Gasteiger partial charge in [-0.2, -0.15) is 17.0 Å². The smallest absolute Gasteiger partial charge is 0.281 e. The van der Waals surface area contributed by atoms with Gasteiger partial charge < -0.3 is 5.32 Å². The maximum atomic E-state index is 12.4. The Hall–Kier alpha value is 0.120. The molecule has 2 unspecified atom stereocenters. The Kier molecular flexibility index (Phi) is 5.86. The van der Waals surface area contributed by atoms with Gasteiger partial charge in [0.1, 0.15) is 0 Å². The van der Waals surface area contributed by atoms with Crippen molar-refractivity contribution in [3.63, 3.8) is 0 Å². The van der Waals surface area contributed by atoms with Gasteiger partial charge in [0.05, 0.1) is 0 Å². The molecule has 2 aliphatic heterocycles. The first-order chi connectivity index (χ1) is 8.09. The van der Waals surface area contributed by atoms with E-state index in [4.69, 9.17) is 0 Å². The van der Waals surface area contributed by atoms with E-state index in [9.17, 15) is 8.42 Å². The predicted molar refractivity (Wildman–Crippen MR) is 75.1 cm³/mol. The van der Waals surface area contributed by atoms with Crippen molar-refractivity contribution in [2.45, 2.75) is 20.3 Å². The molecular weight excluding hydrogens is 274 g/mol. The number of piperidine rings is 1. The molecule has 0 aromatic rings. The Labute approximate surface area is 116 Å². The summed E-state index contributed by atoms with van der Waals surface area (Å²) in [5.74, 6) is 1.19. The first-order valence-electron chi connectivity index (χ1n) is 6.55. The molecule has 0 saturated carbocycles. The Morgan fingerprint density at radius 2 is 1.83 bits per heavy atom. The van der Waals surface area contributed by atoms with Crippen molar-refractivity contribution in [1.82, 2.24) is 13.9 Å². The van der Waals surface area contributed by atoms with E-state index in [1.165, 1.54) is 0 Å². The van der Waals surface area contributed by atoms with Gasteiger partial charge in [-0.3, -0.25) is 0 Å². The normalized spacial score (nSPS) is 29.1. The summed E-state index contributed by atoms with van der Waals surface area (Å²) in [7, 11) is -3.22. The van der Waals surface area contributed by atoms with E-state index in [1.54, 1.807) is 8.61 Å². The Morgan fingerprint density at radius 3 is 2.44 bits per heavy atom. The van der Waals surface area contributed by atoms with Crippen LogP contribution in [0.25, 0.3) is 0 Å². The number of fused-ring (bicyclic) bond motifs is 1. The molecule has 5 nitrogen and oxygen atoms in total. The highest BCUT2D eigenvalue weighted by molar-refractivity contribution is 7.86. The van der Waals surface area contributed by atoms with E-state index in [-0.39, 0.29) is 12.4 Å². The molecule has 0 amide bonds. The number of halogens is 1. The summed E-state index contributed by atoms with van der Waals surface area (Å²) < 4.78 is 28.0. The van der Waals surface area contributed by atoms with Crippen LogP contribution in [0.2, 0.25) is 0 Å². The van der Waals surface area contributed by atoms with Crippen molar-refractivity contribution in [3.8, 4) is 0 Å². The molecule has 2 heterocycles. The zero-order valence-electron chi connectivity index (χ0n) is 11.1. The maximum Gasteiger partial charge on any atom is 0.281 e. The molecule has 2 atom stereocenters. The molecular formula is C11H24ClN3O2S. The summed E-state index contributed by atoms with van der Waals surface area (Å²) in [6.07, 6.45) is 0.998. The largest absolute Gasteiger partial charge is 0.316 e. The van der Waals surface area contributed by atoms with Crippen LogP contribution >= 0.6 is 12.4 Å². The zero-order chi connectivity index (χ0) is 12.5. The highest BCUT2D eigenvalue weighted by Gasteiger charge is 2.38. The molecule has 7 heteroatoms. The molecule has 0 aliphatic carbocycles. The second-order valence-electron chi connectivity index (χ2n) is 4.92. The lowest BCUT2D eigenvalue weighted by molar-refractivity contribution is 0.215. The van der Waals surface area contributed by atoms with Crippen molar-refractivity contribution >= 4 is 22.6 Å². The van der Waals surface area contributed by atoms with Gasteiger partial charge in [0.2, 0.25) is 0 Å². The number of nitrogens with zero attached hydrogens (tertiary/aromatic N) is 2. The monoisotopic (exact) mass is 297 g/mol. The van der Waals surface area contributed by atoms with Crippen LogP contribution in [0, 0.1) is 11.8 Å². The Morgan fingerprint density at radius 1 is 1.22 bits per heavy atom. The fraction of sp³-hybridized carbons (Fsp3) is 1.00. The van der Waals surface area contributed by atoms with E-state index in [1.807, 2.05) is 13.8 Å². The Bertz CT molecular complexity index is 359. The minimum Gasteiger partial charge on any atom is -0.316 e. The number of rotatable bonds is 4. The summed E-state index contributed by atoms with van der Waals surface area (Å²) in [6.45, 7) is 8.30. The third kappa shape index (κ3) is 2.99. The summed E-state index contributed by atoms with van der Waals surface area (Å²) in [4.78, 5) is 0. The minimum atomic E-state index is -3.22. The molecule has 2 saturated heterocycles. The van der Waals surface area contributed by atoms with Crippen LogP contribution in [0.4, 0.5) is 0 Å². The van der Waals surface area contributed by atoms with Gasteiger partial charge in [-0.25, -0.2) is 0 Å². The number of hydrogen-bond donors (Lipinski definition) is 1. The van der Waals surface area contributed by atoms with Crippen molar-refractivity contribution < 1.29 is 8.42 Å². The molecule has 0 radical (unpaired) electrons. The molecule has 0 spiro atoms. The first kappa shape index (κ1) is 16.2. The van der Waals surface area contributed by atoms with E-state index < -0.39 is 10.2 Å². The van der Waals surface area contributed by atoms with Crippen molar-refractivity contribution in [1.29, 1.82) is 0 Å². The second-order valence-corrected chi connectivity index (χ2v) is 6.85. The molecule has 2 fully saturated rings. The summed E-state index contributed by atoms with van der Waals surface area (Å²) in [5, 5.41) is 3.36. The number of hydrogen-bond acceptors (Lipinski definition) is 3. The van der Waals surface area contributed by atoms with Crippen LogP contribution in [0.5, 0.6) is 0 Å². The Balaban J connectivity index is 0.00000162. The van der Waals surface area contributed by atoms with Gasteiger partial charge in [0, 0.05) is 26.2 Å². The lowest BCUT2D eigenvalue weighted by Crippen LogP contribution is -2.49. The highest BCUT2D eigenvalue weighted by atomic mass is 35.5. The number of nitrogens with one attached hydrogen (secondary N) is 1. The van der Waals surface area contributed by atoms with E-state index in [0.29, 0.717) is 38.0 Å². The van der Waals surface area contributed by atoms with Crippen LogP contribution in [-0.2, 0) is 10.2 Å². The second kappa shape index (κ2) is 6.52. The molecule has 0 aromatic carbocycles. The van der Waals surface area contributed by atoms with Crippen molar-refractivity contribution in [3.05, 3.63) is 0 Å². The molecule has 2 aliphatic rings. The summed E-state index contributed by atoms with van der Waals surface area (Å²) in [5.41, 5.74) is 0. The summed E-state index contributed by atoms with van der Waals surface area (Å²) in [6, 6.07) is 0. The van der Waals surface area contributed by atoms with Crippen molar-refractivity contribution in [2.24, 2.45) is 11.8 Å². The van der Waals surface area contributed by atoms with Gasteiger partial charge in [-0.1, -0.05) is 13.8 Å². The molecule has 0 bridgehead atoms. The van der Waals surface area contributed by atoms with Crippen LogP contribution in [0.15, 0.2) is 0 Å². The average Bonchev–Trinajstić information content (AvgIpc) is 2.77. The lowest BCUT2D eigenvalue weighted by atomic mass is 9.90. The molecule has 0 aromatic heterocycles. The fourth-order valence-corrected chi connectivity index (χ4v) is 4.62. The van der Waals surface area contributed by atoms with Crippen LogP contribution < -0.4 is 5.32 Å². The fourth-order valence-electron chi connectivity index (χ4n) is 2.92. The zero-order valence-corrected chi connectivity index (χ0v) is 12.8. The van der Waals surface area contributed by atoms with Crippen LogP contribution in [0.1, 0.15) is 20.3 Å². The van der Waals surface area contributed by atoms with E-state index in [2.05, 4.69) is 5.32 Å². The van der Waals surface area contributed by atoms with Crippen LogP contribution in [-0.4, -0.2) is 56.3 Å². The van der Waals surface area contributed by atoms with E-state index >= 15 is 0 Å². The summed E-state index contributed by atoms with van der Waals surface area (Å²) >= 11 is 0. The minimum absolute atomic E-state index is 0. The highest BCUT2D eigenvalue weighted by Crippen LogP contribution is 2.28. The molecule has 108 valence electrons. The quantitative estimate of drug-likeness (QED) is 0.824. The third-order valence-corrected chi connectivity index (χ3v) is 6.18. The maximum absolute atomic E-state index is 12.4. The SMILES string of the molecule is CCN(CC)S(=O)(=O)N1CCC2CNCC2C1.Cl. The van der Waals surface area contributed by atoms with Crippen LogP contribution in [0.3, 0.4) is 0 Å². The first-order valence-corrected chi connectivity index (χ1v) is 7.95. The van der Waals surface area contributed by atoms with Gasteiger partial charge in [0.15, 0.2) is 0 Å².